The molecule has 1 heterocycles. The number of piperidine rings is 1. The molecule has 0 amide bonds. The Kier molecular flexibility index (Phi) is 4.48. The van der Waals surface area contributed by atoms with Crippen LogP contribution in [0.4, 0.5) is 5.69 Å². The van der Waals surface area contributed by atoms with Gasteiger partial charge in [-0.3, -0.25) is 10.1 Å². The normalized spacial score (nSPS) is 22.8. The number of nitro benzene ring substituents is 1. The molecule has 0 aliphatic carbocycles. The van der Waals surface area contributed by atoms with Gasteiger partial charge < -0.3 is 10.1 Å². The molecule has 21 heavy (non-hydrogen) atoms. The van der Waals surface area contributed by atoms with E-state index in [4.69, 9.17) is 4.74 Å². The first kappa shape index (κ1) is 15.7. The van der Waals surface area contributed by atoms with Crippen molar-refractivity contribution in [2.75, 3.05) is 19.3 Å². The molecular weight excluding hydrogens is 296 g/mol. The van der Waals surface area contributed by atoms with Crippen molar-refractivity contribution < 1.29 is 18.1 Å². The summed E-state index contributed by atoms with van der Waals surface area (Å²) in [4.78, 5) is 10.2. The van der Waals surface area contributed by atoms with Crippen molar-refractivity contribution in [2.45, 2.75) is 24.3 Å². The van der Waals surface area contributed by atoms with E-state index in [9.17, 15) is 18.5 Å². The van der Waals surface area contributed by atoms with E-state index in [1.165, 1.54) is 18.2 Å². The van der Waals surface area contributed by atoms with Crippen molar-refractivity contribution in [3.05, 3.63) is 28.3 Å². The number of para-hydroxylation sites is 1. The Morgan fingerprint density at radius 2 is 2.14 bits per heavy atom. The highest BCUT2D eigenvalue weighted by Crippen LogP contribution is 2.35. The highest BCUT2D eigenvalue weighted by Gasteiger charge is 2.30. The van der Waals surface area contributed by atoms with Gasteiger partial charge in [0, 0.05) is 12.8 Å². The van der Waals surface area contributed by atoms with Gasteiger partial charge in [0.15, 0.2) is 15.6 Å². The third kappa shape index (κ3) is 3.51. The van der Waals surface area contributed by atoms with Crippen molar-refractivity contribution in [1.82, 2.24) is 5.32 Å². The first-order valence-corrected chi connectivity index (χ1v) is 8.54. The van der Waals surface area contributed by atoms with E-state index in [1.807, 2.05) is 6.92 Å². The van der Waals surface area contributed by atoms with E-state index in [0.717, 1.165) is 19.2 Å². The van der Waals surface area contributed by atoms with Crippen LogP contribution in [0.2, 0.25) is 0 Å². The second-order valence-corrected chi connectivity index (χ2v) is 7.24. The maximum absolute atomic E-state index is 11.7. The van der Waals surface area contributed by atoms with Gasteiger partial charge in [-0.2, -0.15) is 0 Å². The van der Waals surface area contributed by atoms with E-state index in [2.05, 4.69) is 5.32 Å². The molecule has 1 aliphatic heterocycles. The Morgan fingerprint density at radius 3 is 2.71 bits per heavy atom. The minimum atomic E-state index is -3.69. The van der Waals surface area contributed by atoms with Crippen LogP contribution in [0.25, 0.3) is 0 Å². The van der Waals surface area contributed by atoms with Crippen LogP contribution >= 0.6 is 0 Å². The molecule has 0 bridgehead atoms. The van der Waals surface area contributed by atoms with E-state index in [1.54, 1.807) is 0 Å². The average molecular weight is 314 g/mol. The van der Waals surface area contributed by atoms with Crippen molar-refractivity contribution in [2.24, 2.45) is 5.92 Å². The molecule has 116 valence electrons. The quantitative estimate of drug-likeness (QED) is 0.666. The third-order valence-corrected chi connectivity index (χ3v) is 4.71. The number of nitrogens with zero attached hydrogens (tertiary/aromatic N) is 1. The van der Waals surface area contributed by atoms with Gasteiger partial charge in [-0.1, -0.05) is 13.0 Å². The molecule has 2 rings (SSSR count). The number of hydrogen-bond donors (Lipinski definition) is 1. The third-order valence-electron chi connectivity index (χ3n) is 3.58. The number of ether oxygens (including phenoxy) is 1. The molecule has 1 aliphatic rings. The summed E-state index contributed by atoms with van der Waals surface area (Å²) >= 11 is 0. The molecule has 1 N–H and O–H groups in total. The van der Waals surface area contributed by atoms with Crippen LogP contribution in [-0.2, 0) is 9.84 Å². The lowest BCUT2D eigenvalue weighted by atomic mass is 9.97. The summed E-state index contributed by atoms with van der Waals surface area (Å²) in [6, 6.07) is 4.12. The minimum Gasteiger partial charge on any atom is -0.482 e. The molecule has 0 saturated carbocycles. The van der Waals surface area contributed by atoms with Crippen molar-refractivity contribution in [1.29, 1.82) is 0 Å². The van der Waals surface area contributed by atoms with Gasteiger partial charge in [-0.15, -0.1) is 0 Å². The summed E-state index contributed by atoms with van der Waals surface area (Å²) in [5, 5.41) is 14.4. The summed E-state index contributed by atoms with van der Waals surface area (Å²) in [5.74, 6) is 0.246. The molecule has 0 radical (unpaired) electrons. The summed E-state index contributed by atoms with van der Waals surface area (Å²) in [6.07, 6.45) is 1.64. The Morgan fingerprint density at radius 1 is 1.43 bits per heavy atom. The summed E-state index contributed by atoms with van der Waals surface area (Å²) in [5.41, 5.74) is -0.488. The first-order valence-electron chi connectivity index (χ1n) is 6.65. The van der Waals surface area contributed by atoms with Gasteiger partial charge in [0.05, 0.1) is 4.92 Å². The van der Waals surface area contributed by atoms with Gasteiger partial charge in [-0.25, -0.2) is 8.42 Å². The van der Waals surface area contributed by atoms with Gasteiger partial charge in [0.2, 0.25) is 0 Å². The van der Waals surface area contributed by atoms with Crippen LogP contribution < -0.4 is 10.1 Å². The zero-order valence-corrected chi connectivity index (χ0v) is 12.7. The molecule has 2 unspecified atom stereocenters. The van der Waals surface area contributed by atoms with Gasteiger partial charge >= 0.3 is 5.69 Å². The second-order valence-electron chi connectivity index (χ2n) is 5.26. The monoisotopic (exact) mass is 314 g/mol. The van der Waals surface area contributed by atoms with Crippen LogP contribution in [0.15, 0.2) is 23.1 Å². The Labute approximate surface area is 123 Å². The smallest absolute Gasteiger partial charge is 0.329 e. The minimum absolute atomic E-state index is 0.00322. The summed E-state index contributed by atoms with van der Waals surface area (Å²) in [7, 11) is -3.69. The van der Waals surface area contributed by atoms with Crippen LogP contribution in [0.5, 0.6) is 5.75 Å². The average Bonchev–Trinajstić information content (AvgIpc) is 2.40. The molecule has 7 nitrogen and oxygen atoms in total. The summed E-state index contributed by atoms with van der Waals surface area (Å²) < 4.78 is 29.1. The van der Waals surface area contributed by atoms with Crippen LogP contribution in [-0.4, -0.2) is 38.8 Å². The number of rotatable bonds is 4. The molecule has 1 fully saturated rings. The lowest BCUT2D eigenvalue weighted by Crippen LogP contribution is -2.42. The lowest BCUT2D eigenvalue weighted by Gasteiger charge is -2.29. The van der Waals surface area contributed by atoms with Gasteiger partial charge in [0.1, 0.15) is 11.0 Å². The van der Waals surface area contributed by atoms with Crippen LogP contribution in [0.1, 0.15) is 13.3 Å². The molecule has 1 aromatic rings. The Bertz CT molecular complexity index is 644. The zero-order valence-electron chi connectivity index (χ0n) is 11.9. The van der Waals surface area contributed by atoms with Crippen molar-refractivity contribution in [3.8, 4) is 5.75 Å². The van der Waals surface area contributed by atoms with Crippen molar-refractivity contribution >= 4 is 15.5 Å². The Hall–Kier alpha value is -1.67. The molecular formula is C13H18N2O5S. The lowest BCUT2D eigenvalue weighted by molar-refractivity contribution is -0.389. The maximum atomic E-state index is 11.7. The Balaban J connectivity index is 2.41. The van der Waals surface area contributed by atoms with E-state index < -0.39 is 20.4 Å². The number of benzene rings is 1. The molecule has 0 spiro atoms. The molecule has 1 saturated heterocycles. The van der Waals surface area contributed by atoms with E-state index >= 15 is 0 Å². The maximum Gasteiger partial charge on any atom is 0.329 e. The fourth-order valence-electron chi connectivity index (χ4n) is 2.36. The largest absolute Gasteiger partial charge is 0.482 e. The highest BCUT2D eigenvalue weighted by atomic mass is 32.2. The fourth-order valence-corrected chi connectivity index (χ4v) is 3.21. The number of hydrogen-bond acceptors (Lipinski definition) is 6. The predicted molar refractivity (Wildman–Crippen MR) is 77.3 cm³/mol. The predicted octanol–water partition coefficient (Wildman–Crippen LogP) is 1.38. The van der Waals surface area contributed by atoms with Crippen molar-refractivity contribution in [3.63, 3.8) is 0 Å². The number of sulfone groups is 1. The molecule has 2 atom stereocenters. The fraction of sp³-hybridized carbons (Fsp3) is 0.538. The molecule has 8 heteroatoms. The van der Waals surface area contributed by atoms with Crippen LogP contribution in [0, 0.1) is 16.0 Å². The van der Waals surface area contributed by atoms with E-state index in [-0.39, 0.29) is 22.7 Å². The topological polar surface area (TPSA) is 98.5 Å². The second kappa shape index (κ2) is 5.98. The molecule has 0 aromatic heterocycles. The standard InChI is InChI=1S/C13H18N2O5S/c1-9-6-7-14-8-11(9)20-10-4-3-5-12(21(2,18)19)13(10)15(16)17/h3-5,9,11,14H,6-8H2,1-2H3. The van der Waals surface area contributed by atoms with Gasteiger partial charge in [-0.05, 0) is 31.0 Å². The highest BCUT2D eigenvalue weighted by molar-refractivity contribution is 7.90. The molecule has 1 aromatic carbocycles. The van der Waals surface area contributed by atoms with Gasteiger partial charge in [0.25, 0.3) is 0 Å². The number of nitro groups is 1. The SMILES string of the molecule is CC1CCNCC1Oc1cccc(S(C)(=O)=O)c1[N+](=O)[O-]. The zero-order chi connectivity index (χ0) is 15.6. The van der Waals surface area contributed by atoms with Crippen LogP contribution in [0.3, 0.4) is 0 Å². The summed E-state index contributed by atoms with van der Waals surface area (Å²) in [6.45, 7) is 3.48. The number of nitrogens with one attached hydrogen (secondary N) is 1. The van der Waals surface area contributed by atoms with E-state index in [0.29, 0.717) is 6.54 Å². The first-order chi connectivity index (χ1) is 9.80.